The van der Waals surface area contributed by atoms with Crippen LogP contribution >= 0.6 is 0 Å². The second-order valence-electron chi connectivity index (χ2n) is 4.58. The van der Waals surface area contributed by atoms with E-state index in [4.69, 9.17) is 9.52 Å². The lowest BCUT2D eigenvalue weighted by atomic mass is 10.2. The first-order valence-electron chi connectivity index (χ1n) is 6.14. The molecule has 0 unspecified atom stereocenters. The first kappa shape index (κ1) is 13.9. The minimum Gasteiger partial charge on any atom is -0.480 e. The van der Waals surface area contributed by atoms with E-state index in [1.54, 1.807) is 31.6 Å². The van der Waals surface area contributed by atoms with Gasteiger partial charge in [0, 0.05) is 25.4 Å². The van der Waals surface area contributed by atoms with Gasteiger partial charge in [0.25, 0.3) is 5.91 Å². The monoisotopic (exact) mass is 276 g/mol. The number of aliphatic carboxylic acids is 1. The van der Waals surface area contributed by atoms with Gasteiger partial charge in [-0.3, -0.25) is 9.59 Å². The lowest BCUT2D eigenvalue weighted by molar-refractivity contribution is -0.137. The fourth-order valence-electron chi connectivity index (χ4n) is 1.99. The molecule has 0 atom stereocenters. The second-order valence-corrected chi connectivity index (χ2v) is 4.58. The Morgan fingerprint density at radius 3 is 2.75 bits per heavy atom. The summed E-state index contributed by atoms with van der Waals surface area (Å²) in [7, 11) is 1.67. The number of aryl methyl sites for hydroxylation is 1. The van der Waals surface area contributed by atoms with Crippen LogP contribution in [0.15, 0.2) is 35.1 Å². The van der Waals surface area contributed by atoms with Gasteiger partial charge in [-0.1, -0.05) is 0 Å². The summed E-state index contributed by atoms with van der Waals surface area (Å²) in [5, 5.41) is 8.82. The van der Waals surface area contributed by atoms with Crippen molar-refractivity contribution in [3.8, 4) is 0 Å². The van der Waals surface area contributed by atoms with Crippen LogP contribution in [0.5, 0.6) is 0 Å². The number of carbonyl (C=O) groups is 2. The molecule has 2 aromatic heterocycles. The molecule has 20 heavy (non-hydrogen) atoms. The average molecular weight is 276 g/mol. The summed E-state index contributed by atoms with van der Waals surface area (Å²) in [5.41, 5.74) is 1.29. The summed E-state index contributed by atoms with van der Waals surface area (Å²) in [6, 6.07) is 5.09. The van der Waals surface area contributed by atoms with Crippen LogP contribution in [0.3, 0.4) is 0 Å². The largest absolute Gasteiger partial charge is 0.480 e. The zero-order valence-electron chi connectivity index (χ0n) is 11.4. The molecule has 0 bridgehead atoms. The van der Waals surface area contributed by atoms with Crippen LogP contribution in [0.25, 0.3) is 0 Å². The number of hydrogen-bond acceptors (Lipinski definition) is 3. The van der Waals surface area contributed by atoms with Gasteiger partial charge in [0.15, 0.2) is 0 Å². The number of carboxylic acids is 1. The first-order valence-corrected chi connectivity index (χ1v) is 6.14. The summed E-state index contributed by atoms with van der Waals surface area (Å²) >= 11 is 0. The van der Waals surface area contributed by atoms with Crippen LogP contribution in [-0.2, 0) is 17.9 Å². The summed E-state index contributed by atoms with van der Waals surface area (Å²) < 4.78 is 6.61. The quantitative estimate of drug-likeness (QED) is 0.902. The molecular weight excluding hydrogens is 260 g/mol. The highest BCUT2D eigenvalue weighted by atomic mass is 16.4. The maximum absolute atomic E-state index is 12.3. The Bertz CT molecular complexity index is 627. The highest BCUT2D eigenvalue weighted by Crippen LogP contribution is 2.13. The van der Waals surface area contributed by atoms with Crippen molar-refractivity contribution in [1.29, 1.82) is 0 Å². The number of carbonyl (C=O) groups excluding carboxylic acids is 1. The van der Waals surface area contributed by atoms with Crippen LogP contribution in [0.2, 0.25) is 0 Å². The molecule has 0 aliphatic heterocycles. The molecule has 0 fully saturated rings. The molecule has 0 radical (unpaired) electrons. The fraction of sp³-hybridized carbons (Fsp3) is 0.286. The number of amides is 1. The predicted molar refractivity (Wildman–Crippen MR) is 71.3 cm³/mol. The molecule has 0 saturated heterocycles. The van der Waals surface area contributed by atoms with Gasteiger partial charge < -0.3 is 19.0 Å². The molecule has 0 saturated carbocycles. The Labute approximate surface area is 116 Å². The molecule has 2 heterocycles. The predicted octanol–water partition coefficient (Wildman–Crippen LogP) is 1.75. The zero-order valence-corrected chi connectivity index (χ0v) is 11.4. The van der Waals surface area contributed by atoms with Gasteiger partial charge in [-0.2, -0.15) is 0 Å². The highest BCUT2D eigenvalue weighted by Gasteiger charge is 2.18. The van der Waals surface area contributed by atoms with Gasteiger partial charge in [-0.25, -0.2) is 0 Å². The highest BCUT2D eigenvalue weighted by molar-refractivity contribution is 5.93. The molecule has 6 heteroatoms. The second kappa shape index (κ2) is 5.64. The fourth-order valence-corrected chi connectivity index (χ4v) is 1.99. The molecule has 0 aromatic carbocycles. The normalized spacial score (nSPS) is 10.5. The van der Waals surface area contributed by atoms with Crippen LogP contribution in [0, 0.1) is 6.92 Å². The van der Waals surface area contributed by atoms with E-state index in [9.17, 15) is 9.59 Å². The molecule has 1 amide bonds. The zero-order chi connectivity index (χ0) is 14.7. The topological polar surface area (TPSA) is 75.7 Å². The standard InChI is InChI=1S/C14H16N2O4/c1-10-11(5-7-20-10)8-15(2)14(19)12-4-3-6-16(12)9-13(17)18/h3-7H,8-9H2,1-2H3,(H,17,18). The van der Waals surface area contributed by atoms with Crippen molar-refractivity contribution in [2.45, 2.75) is 20.0 Å². The molecule has 1 N–H and O–H groups in total. The van der Waals surface area contributed by atoms with Gasteiger partial charge in [-0.05, 0) is 25.1 Å². The lowest BCUT2D eigenvalue weighted by Gasteiger charge is -2.17. The van der Waals surface area contributed by atoms with Crippen molar-refractivity contribution in [2.75, 3.05) is 7.05 Å². The van der Waals surface area contributed by atoms with E-state index in [1.807, 2.05) is 13.0 Å². The molecular formula is C14H16N2O4. The third-order valence-electron chi connectivity index (χ3n) is 3.07. The molecule has 0 aliphatic rings. The lowest BCUT2D eigenvalue weighted by Crippen LogP contribution is -2.29. The van der Waals surface area contributed by atoms with Crippen LogP contribution in [-0.4, -0.2) is 33.5 Å². The third-order valence-corrected chi connectivity index (χ3v) is 3.07. The van der Waals surface area contributed by atoms with Gasteiger partial charge >= 0.3 is 5.97 Å². The third kappa shape index (κ3) is 2.90. The minimum absolute atomic E-state index is 0.225. The van der Waals surface area contributed by atoms with Gasteiger partial charge in [0.05, 0.1) is 6.26 Å². The Balaban J connectivity index is 2.13. The van der Waals surface area contributed by atoms with Crippen LogP contribution < -0.4 is 0 Å². The smallest absolute Gasteiger partial charge is 0.323 e. The number of carboxylic acid groups (broad SMARTS) is 1. The Hall–Kier alpha value is -2.50. The molecule has 0 spiro atoms. The number of rotatable bonds is 5. The maximum atomic E-state index is 12.3. The molecule has 0 aliphatic carbocycles. The van der Waals surface area contributed by atoms with Crippen LogP contribution in [0.4, 0.5) is 0 Å². The summed E-state index contributed by atoms with van der Waals surface area (Å²) in [6.45, 7) is 2.02. The van der Waals surface area contributed by atoms with Crippen molar-refractivity contribution in [1.82, 2.24) is 9.47 Å². The summed E-state index contributed by atoms with van der Waals surface area (Å²) in [4.78, 5) is 24.6. The van der Waals surface area contributed by atoms with E-state index < -0.39 is 5.97 Å². The van der Waals surface area contributed by atoms with Crippen molar-refractivity contribution < 1.29 is 19.1 Å². The SMILES string of the molecule is Cc1occc1CN(C)C(=O)c1cccn1CC(=O)O. The first-order chi connectivity index (χ1) is 9.49. The van der Waals surface area contributed by atoms with Gasteiger partial charge in [0.2, 0.25) is 0 Å². The van der Waals surface area contributed by atoms with E-state index in [0.717, 1.165) is 11.3 Å². The molecule has 2 aromatic rings. The molecule has 2 rings (SSSR count). The molecule has 106 valence electrons. The van der Waals surface area contributed by atoms with E-state index >= 15 is 0 Å². The average Bonchev–Trinajstić information content (AvgIpc) is 2.98. The number of hydrogen-bond donors (Lipinski definition) is 1. The van der Waals surface area contributed by atoms with E-state index in [1.165, 1.54) is 9.47 Å². The minimum atomic E-state index is -0.983. The van der Waals surface area contributed by atoms with Gasteiger partial charge in [-0.15, -0.1) is 0 Å². The number of aromatic nitrogens is 1. The Morgan fingerprint density at radius 2 is 2.15 bits per heavy atom. The van der Waals surface area contributed by atoms with Crippen LogP contribution in [0.1, 0.15) is 21.8 Å². The van der Waals surface area contributed by atoms with E-state index in [-0.39, 0.29) is 12.5 Å². The Kier molecular flexibility index (Phi) is 3.93. The van der Waals surface area contributed by atoms with Gasteiger partial charge in [0.1, 0.15) is 18.0 Å². The van der Waals surface area contributed by atoms with Crippen molar-refractivity contribution in [3.63, 3.8) is 0 Å². The summed E-state index contributed by atoms with van der Waals surface area (Å²) in [5.74, 6) is -0.439. The number of nitrogens with zero attached hydrogens (tertiary/aromatic N) is 2. The molecule has 6 nitrogen and oxygen atoms in total. The maximum Gasteiger partial charge on any atom is 0.323 e. The number of furan rings is 1. The van der Waals surface area contributed by atoms with Crippen molar-refractivity contribution in [3.05, 3.63) is 47.7 Å². The van der Waals surface area contributed by atoms with E-state index in [0.29, 0.717) is 12.2 Å². The Morgan fingerprint density at radius 1 is 1.40 bits per heavy atom. The van der Waals surface area contributed by atoms with Crippen molar-refractivity contribution >= 4 is 11.9 Å². The summed E-state index contributed by atoms with van der Waals surface area (Å²) in [6.07, 6.45) is 3.16. The van der Waals surface area contributed by atoms with Crippen molar-refractivity contribution in [2.24, 2.45) is 0 Å². The van der Waals surface area contributed by atoms with E-state index in [2.05, 4.69) is 0 Å².